The number of anilines is 1. The van der Waals surface area contributed by atoms with Crippen molar-refractivity contribution in [2.24, 2.45) is 5.92 Å². The predicted molar refractivity (Wildman–Crippen MR) is 66.8 cm³/mol. The van der Waals surface area contributed by atoms with Crippen molar-refractivity contribution in [3.05, 3.63) is 28.2 Å². The van der Waals surface area contributed by atoms with Gasteiger partial charge in [0, 0.05) is 16.7 Å². The summed E-state index contributed by atoms with van der Waals surface area (Å²) < 4.78 is 1.17. The molecule has 0 fully saturated rings. The molecular weight excluding hydrogens is 238 g/mol. The SMILES string of the molecule is CCC(C)CNc1ccc(C)c(Br)c1. The van der Waals surface area contributed by atoms with Gasteiger partial charge in [0.25, 0.3) is 0 Å². The maximum absolute atomic E-state index is 3.53. The van der Waals surface area contributed by atoms with E-state index in [9.17, 15) is 0 Å². The topological polar surface area (TPSA) is 12.0 Å². The smallest absolute Gasteiger partial charge is 0.0351 e. The fourth-order valence-electron chi connectivity index (χ4n) is 1.14. The summed E-state index contributed by atoms with van der Waals surface area (Å²) in [5.74, 6) is 0.732. The molecule has 0 saturated heterocycles. The van der Waals surface area contributed by atoms with Gasteiger partial charge in [-0.3, -0.25) is 0 Å². The molecule has 14 heavy (non-hydrogen) atoms. The fraction of sp³-hybridized carbons (Fsp3) is 0.500. The highest BCUT2D eigenvalue weighted by Gasteiger charge is 2.00. The third kappa shape index (κ3) is 3.33. The van der Waals surface area contributed by atoms with E-state index < -0.39 is 0 Å². The molecule has 1 rings (SSSR count). The first kappa shape index (κ1) is 11.6. The van der Waals surface area contributed by atoms with Crippen LogP contribution in [0.25, 0.3) is 0 Å². The first-order valence-corrected chi connectivity index (χ1v) is 5.92. The molecule has 0 spiro atoms. The van der Waals surface area contributed by atoms with Gasteiger partial charge in [0.1, 0.15) is 0 Å². The molecule has 0 aliphatic heterocycles. The molecule has 1 nitrogen and oxygen atoms in total. The number of benzene rings is 1. The molecule has 1 aromatic rings. The van der Waals surface area contributed by atoms with E-state index in [2.05, 4.69) is 60.2 Å². The average molecular weight is 256 g/mol. The Labute approximate surface area is 95.0 Å². The van der Waals surface area contributed by atoms with Gasteiger partial charge in [-0.05, 0) is 30.5 Å². The Morgan fingerprint density at radius 1 is 1.43 bits per heavy atom. The summed E-state index contributed by atoms with van der Waals surface area (Å²) in [7, 11) is 0. The Bertz CT molecular complexity index is 296. The monoisotopic (exact) mass is 255 g/mol. The van der Waals surface area contributed by atoms with Gasteiger partial charge in [0.2, 0.25) is 0 Å². The summed E-state index contributed by atoms with van der Waals surface area (Å²) in [4.78, 5) is 0. The predicted octanol–water partition coefficient (Wildman–Crippen LogP) is 4.22. The molecule has 2 heteroatoms. The summed E-state index contributed by atoms with van der Waals surface area (Å²) >= 11 is 3.53. The largest absolute Gasteiger partial charge is 0.385 e. The van der Waals surface area contributed by atoms with Crippen LogP contribution >= 0.6 is 15.9 Å². The van der Waals surface area contributed by atoms with Crippen molar-refractivity contribution in [1.29, 1.82) is 0 Å². The first-order valence-electron chi connectivity index (χ1n) is 5.13. The van der Waals surface area contributed by atoms with Crippen molar-refractivity contribution in [2.45, 2.75) is 27.2 Å². The van der Waals surface area contributed by atoms with Crippen LogP contribution in [0.15, 0.2) is 22.7 Å². The van der Waals surface area contributed by atoms with Crippen LogP contribution < -0.4 is 5.32 Å². The minimum Gasteiger partial charge on any atom is -0.385 e. The molecule has 0 bridgehead atoms. The van der Waals surface area contributed by atoms with Crippen molar-refractivity contribution in [3.63, 3.8) is 0 Å². The van der Waals surface area contributed by atoms with E-state index in [1.807, 2.05) is 0 Å². The van der Waals surface area contributed by atoms with E-state index >= 15 is 0 Å². The average Bonchev–Trinajstić information content (AvgIpc) is 2.19. The highest BCUT2D eigenvalue weighted by atomic mass is 79.9. The van der Waals surface area contributed by atoms with Crippen molar-refractivity contribution in [2.75, 3.05) is 11.9 Å². The van der Waals surface area contributed by atoms with E-state index in [1.165, 1.54) is 22.1 Å². The number of aryl methyl sites for hydroxylation is 1. The molecule has 1 atom stereocenters. The zero-order chi connectivity index (χ0) is 10.6. The summed E-state index contributed by atoms with van der Waals surface area (Å²) in [5, 5.41) is 3.43. The second kappa shape index (κ2) is 5.40. The third-order valence-corrected chi connectivity index (χ3v) is 3.38. The van der Waals surface area contributed by atoms with Gasteiger partial charge in [-0.15, -0.1) is 0 Å². The lowest BCUT2D eigenvalue weighted by atomic mass is 10.1. The van der Waals surface area contributed by atoms with Crippen LogP contribution in [0.2, 0.25) is 0 Å². The zero-order valence-corrected chi connectivity index (χ0v) is 10.7. The quantitative estimate of drug-likeness (QED) is 0.850. The summed E-state index contributed by atoms with van der Waals surface area (Å²) in [6.45, 7) is 7.63. The molecule has 0 amide bonds. The minimum absolute atomic E-state index is 0.732. The van der Waals surface area contributed by atoms with Crippen LogP contribution in [0.1, 0.15) is 25.8 Å². The molecule has 1 unspecified atom stereocenters. The van der Waals surface area contributed by atoms with E-state index in [0.717, 1.165) is 12.5 Å². The standard InChI is InChI=1S/C12H18BrN/c1-4-9(2)8-14-11-6-5-10(3)12(13)7-11/h5-7,9,14H,4,8H2,1-3H3. The maximum atomic E-state index is 3.53. The second-order valence-corrected chi connectivity index (χ2v) is 4.71. The molecule has 0 saturated carbocycles. The van der Waals surface area contributed by atoms with Gasteiger partial charge in [0.15, 0.2) is 0 Å². The van der Waals surface area contributed by atoms with Crippen LogP contribution in [-0.2, 0) is 0 Å². The van der Waals surface area contributed by atoms with Crippen molar-refractivity contribution >= 4 is 21.6 Å². The second-order valence-electron chi connectivity index (χ2n) is 3.86. The van der Waals surface area contributed by atoms with Crippen LogP contribution in [0.5, 0.6) is 0 Å². The van der Waals surface area contributed by atoms with Crippen LogP contribution in [-0.4, -0.2) is 6.54 Å². The summed E-state index contributed by atoms with van der Waals surface area (Å²) in [6.07, 6.45) is 1.22. The van der Waals surface area contributed by atoms with E-state index in [0.29, 0.717) is 0 Å². The van der Waals surface area contributed by atoms with Gasteiger partial charge in [0.05, 0.1) is 0 Å². The Kier molecular flexibility index (Phi) is 4.46. The van der Waals surface area contributed by atoms with Crippen LogP contribution in [0.3, 0.4) is 0 Å². The van der Waals surface area contributed by atoms with Crippen molar-refractivity contribution < 1.29 is 0 Å². The molecule has 0 heterocycles. The normalized spacial score (nSPS) is 12.6. The lowest BCUT2D eigenvalue weighted by Gasteiger charge is -2.12. The number of hydrogen-bond donors (Lipinski definition) is 1. The molecule has 0 aliphatic rings. The Balaban J connectivity index is 2.55. The number of halogens is 1. The molecule has 0 radical (unpaired) electrons. The van der Waals surface area contributed by atoms with Gasteiger partial charge in [-0.2, -0.15) is 0 Å². The molecule has 0 aliphatic carbocycles. The van der Waals surface area contributed by atoms with Crippen LogP contribution in [0.4, 0.5) is 5.69 Å². The third-order valence-electron chi connectivity index (χ3n) is 2.52. The van der Waals surface area contributed by atoms with E-state index in [4.69, 9.17) is 0 Å². The van der Waals surface area contributed by atoms with Gasteiger partial charge < -0.3 is 5.32 Å². The lowest BCUT2D eigenvalue weighted by molar-refractivity contribution is 0.593. The minimum atomic E-state index is 0.732. The molecule has 0 aromatic heterocycles. The van der Waals surface area contributed by atoms with Gasteiger partial charge >= 0.3 is 0 Å². The van der Waals surface area contributed by atoms with Crippen LogP contribution in [0, 0.1) is 12.8 Å². The maximum Gasteiger partial charge on any atom is 0.0351 e. The van der Waals surface area contributed by atoms with Crippen molar-refractivity contribution in [3.8, 4) is 0 Å². The van der Waals surface area contributed by atoms with E-state index in [-0.39, 0.29) is 0 Å². The number of rotatable bonds is 4. The molecule has 78 valence electrons. The highest BCUT2D eigenvalue weighted by Crippen LogP contribution is 2.20. The summed E-state index contributed by atoms with van der Waals surface area (Å²) in [6, 6.07) is 6.39. The number of nitrogens with one attached hydrogen (secondary N) is 1. The number of hydrogen-bond acceptors (Lipinski definition) is 1. The fourth-order valence-corrected chi connectivity index (χ4v) is 1.52. The molecular formula is C12H18BrN. The summed E-state index contributed by atoms with van der Waals surface area (Å²) in [5.41, 5.74) is 2.47. The molecule has 1 N–H and O–H groups in total. The Morgan fingerprint density at radius 2 is 2.14 bits per heavy atom. The van der Waals surface area contributed by atoms with Crippen molar-refractivity contribution in [1.82, 2.24) is 0 Å². The first-order chi connectivity index (χ1) is 6.63. The lowest BCUT2D eigenvalue weighted by Crippen LogP contribution is -2.10. The Morgan fingerprint density at radius 3 is 2.71 bits per heavy atom. The Hall–Kier alpha value is -0.500. The zero-order valence-electron chi connectivity index (χ0n) is 9.10. The van der Waals surface area contributed by atoms with Gasteiger partial charge in [-0.25, -0.2) is 0 Å². The van der Waals surface area contributed by atoms with E-state index in [1.54, 1.807) is 0 Å². The molecule has 1 aromatic carbocycles. The van der Waals surface area contributed by atoms with Gasteiger partial charge in [-0.1, -0.05) is 42.3 Å². The highest BCUT2D eigenvalue weighted by molar-refractivity contribution is 9.10.